The molecule has 0 radical (unpaired) electrons. The van der Waals surface area contributed by atoms with E-state index in [4.69, 9.17) is 0 Å². The smallest absolute Gasteiger partial charge is 0.0416 e. The first-order valence-electron chi connectivity index (χ1n) is 6.17. The predicted octanol–water partition coefficient (Wildman–Crippen LogP) is 3.98. The van der Waals surface area contributed by atoms with Gasteiger partial charge in [0.2, 0.25) is 0 Å². The summed E-state index contributed by atoms with van der Waals surface area (Å²) in [5.74, 6) is 0.577. The Morgan fingerprint density at radius 1 is 1.38 bits per heavy atom. The molecule has 0 fully saturated rings. The number of hydrogen-bond donors (Lipinski definition) is 1. The lowest BCUT2D eigenvalue weighted by molar-refractivity contribution is 0.836. The van der Waals surface area contributed by atoms with Crippen LogP contribution in [0, 0.1) is 0 Å². The van der Waals surface area contributed by atoms with E-state index in [1.54, 1.807) is 11.1 Å². The van der Waals surface area contributed by atoms with E-state index in [0.29, 0.717) is 5.92 Å². The van der Waals surface area contributed by atoms with Crippen LogP contribution in [0.1, 0.15) is 48.4 Å². The van der Waals surface area contributed by atoms with E-state index in [0.717, 1.165) is 0 Å². The summed E-state index contributed by atoms with van der Waals surface area (Å²) in [6.07, 6.45) is 5.79. The van der Waals surface area contributed by atoms with Crippen LogP contribution >= 0.6 is 0 Å². The summed E-state index contributed by atoms with van der Waals surface area (Å²) in [6.45, 7) is 8.52. The first-order valence-corrected chi connectivity index (χ1v) is 6.17. The Labute approximate surface area is 98.6 Å². The number of anilines is 1. The molecule has 0 aromatic heterocycles. The van der Waals surface area contributed by atoms with Crippen molar-refractivity contribution in [3.63, 3.8) is 0 Å². The molecule has 0 amide bonds. The van der Waals surface area contributed by atoms with Crippen molar-refractivity contribution in [2.45, 2.75) is 39.0 Å². The van der Waals surface area contributed by atoms with Gasteiger partial charge in [-0.05, 0) is 47.9 Å². The van der Waals surface area contributed by atoms with Gasteiger partial charge in [-0.2, -0.15) is 0 Å². The van der Waals surface area contributed by atoms with E-state index in [2.05, 4.69) is 31.8 Å². The Kier molecular flexibility index (Phi) is 3.04. The van der Waals surface area contributed by atoms with Crippen LogP contribution in [0.5, 0.6) is 0 Å². The molecule has 1 aromatic carbocycles. The molecule has 1 aliphatic rings. The summed E-state index contributed by atoms with van der Waals surface area (Å²) >= 11 is 0. The molecule has 0 unspecified atom stereocenters. The first kappa shape index (κ1) is 11.3. The molecule has 1 heteroatoms. The van der Waals surface area contributed by atoms with Crippen LogP contribution in [-0.2, 0) is 12.8 Å². The molecule has 0 bridgehead atoms. The highest BCUT2D eigenvalue weighted by Crippen LogP contribution is 2.37. The quantitative estimate of drug-likeness (QED) is 0.804. The highest BCUT2D eigenvalue weighted by atomic mass is 14.8. The molecule has 2 rings (SSSR count). The molecule has 0 saturated carbocycles. The maximum Gasteiger partial charge on any atom is 0.0416 e. The first-order chi connectivity index (χ1) is 7.69. The van der Waals surface area contributed by atoms with Crippen molar-refractivity contribution in [1.29, 1.82) is 0 Å². The number of hydrogen-bond acceptors (Lipinski definition) is 1. The van der Waals surface area contributed by atoms with Crippen LogP contribution in [0.15, 0.2) is 12.6 Å². The van der Waals surface area contributed by atoms with Crippen LogP contribution in [0.25, 0.3) is 6.08 Å². The Balaban J connectivity index is 2.70. The van der Waals surface area contributed by atoms with Crippen molar-refractivity contribution in [3.05, 3.63) is 34.9 Å². The summed E-state index contributed by atoms with van der Waals surface area (Å²) in [4.78, 5) is 0. The summed E-state index contributed by atoms with van der Waals surface area (Å²) in [6, 6.07) is 2.31. The van der Waals surface area contributed by atoms with E-state index >= 15 is 0 Å². The van der Waals surface area contributed by atoms with Gasteiger partial charge < -0.3 is 5.32 Å². The van der Waals surface area contributed by atoms with Gasteiger partial charge >= 0.3 is 0 Å². The van der Waals surface area contributed by atoms with E-state index in [9.17, 15) is 0 Å². The Morgan fingerprint density at radius 3 is 2.69 bits per heavy atom. The normalized spacial score (nSPS) is 14.0. The van der Waals surface area contributed by atoms with Crippen molar-refractivity contribution in [2.75, 3.05) is 12.4 Å². The third kappa shape index (κ3) is 1.64. The zero-order chi connectivity index (χ0) is 11.7. The maximum absolute atomic E-state index is 3.97. The lowest BCUT2D eigenvalue weighted by atomic mass is 9.88. The largest absolute Gasteiger partial charge is 0.388 e. The van der Waals surface area contributed by atoms with Crippen LogP contribution in [0.3, 0.4) is 0 Å². The molecule has 0 aliphatic heterocycles. The second-order valence-corrected chi connectivity index (χ2v) is 4.85. The number of benzene rings is 1. The van der Waals surface area contributed by atoms with Crippen LogP contribution in [0.2, 0.25) is 0 Å². The minimum Gasteiger partial charge on any atom is -0.388 e. The number of nitrogens with one attached hydrogen (secondary N) is 1. The highest BCUT2D eigenvalue weighted by Gasteiger charge is 2.21. The minimum absolute atomic E-state index is 0.577. The average Bonchev–Trinajstić information content (AvgIpc) is 2.73. The molecule has 1 aromatic rings. The molecule has 86 valence electrons. The fraction of sp³-hybridized carbons (Fsp3) is 0.467. The molecule has 1 N–H and O–H groups in total. The van der Waals surface area contributed by atoms with Crippen molar-refractivity contribution in [2.24, 2.45) is 0 Å². The van der Waals surface area contributed by atoms with Crippen molar-refractivity contribution in [1.82, 2.24) is 0 Å². The van der Waals surface area contributed by atoms with Gasteiger partial charge in [0.15, 0.2) is 0 Å². The topological polar surface area (TPSA) is 12.0 Å². The zero-order valence-corrected chi connectivity index (χ0v) is 10.6. The van der Waals surface area contributed by atoms with Crippen LogP contribution < -0.4 is 5.32 Å². The third-order valence-electron chi connectivity index (χ3n) is 3.54. The molecule has 16 heavy (non-hydrogen) atoms. The molecule has 0 saturated heterocycles. The Hall–Kier alpha value is -1.24. The number of rotatable bonds is 3. The monoisotopic (exact) mass is 215 g/mol. The van der Waals surface area contributed by atoms with Gasteiger partial charge in [0.25, 0.3) is 0 Å². The predicted molar refractivity (Wildman–Crippen MR) is 72.2 cm³/mol. The number of aryl methyl sites for hydroxylation is 1. The van der Waals surface area contributed by atoms with E-state index in [1.165, 1.54) is 36.1 Å². The second-order valence-electron chi connectivity index (χ2n) is 4.85. The number of fused-ring (bicyclic) bond motifs is 1. The second kappa shape index (κ2) is 4.32. The Morgan fingerprint density at radius 2 is 2.12 bits per heavy atom. The standard InChI is InChI=1S/C15H21N/c1-5-12-14(16-4)9-11-7-6-8-13(11)15(12)10(2)3/h5,9-10,16H,1,6-8H2,2-4H3. The summed E-state index contributed by atoms with van der Waals surface area (Å²) in [7, 11) is 1.99. The lowest BCUT2D eigenvalue weighted by Gasteiger charge is -2.19. The highest BCUT2D eigenvalue weighted by molar-refractivity contribution is 5.72. The maximum atomic E-state index is 3.97. The third-order valence-corrected chi connectivity index (χ3v) is 3.54. The summed E-state index contributed by atoms with van der Waals surface area (Å²) in [5.41, 5.74) is 7.18. The fourth-order valence-electron chi connectivity index (χ4n) is 2.88. The van der Waals surface area contributed by atoms with Crippen molar-refractivity contribution < 1.29 is 0 Å². The Bertz CT molecular complexity index is 416. The van der Waals surface area contributed by atoms with Gasteiger partial charge in [-0.1, -0.05) is 26.5 Å². The minimum atomic E-state index is 0.577. The SMILES string of the molecule is C=Cc1c(NC)cc2c(c1C(C)C)CCC2. The van der Waals surface area contributed by atoms with Gasteiger partial charge in [0, 0.05) is 18.3 Å². The average molecular weight is 215 g/mol. The molecule has 0 spiro atoms. The molecule has 0 atom stereocenters. The molecule has 1 aliphatic carbocycles. The van der Waals surface area contributed by atoms with E-state index in [-0.39, 0.29) is 0 Å². The van der Waals surface area contributed by atoms with Gasteiger partial charge in [-0.25, -0.2) is 0 Å². The zero-order valence-electron chi connectivity index (χ0n) is 10.6. The molecular weight excluding hydrogens is 194 g/mol. The van der Waals surface area contributed by atoms with E-state index < -0.39 is 0 Å². The lowest BCUT2D eigenvalue weighted by Crippen LogP contribution is -2.04. The van der Waals surface area contributed by atoms with Gasteiger partial charge in [-0.3, -0.25) is 0 Å². The van der Waals surface area contributed by atoms with Gasteiger partial charge in [0.1, 0.15) is 0 Å². The van der Waals surface area contributed by atoms with Crippen LogP contribution in [-0.4, -0.2) is 7.05 Å². The van der Waals surface area contributed by atoms with E-state index in [1.807, 2.05) is 13.1 Å². The summed E-state index contributed by atoms with van der Waals surface area (Å²) in [5, 5.41) is 3.30. The van der Waals surface area contributed by atoms with Crippen LogP contribution in [0.4, 0.5) is 5.69 Å². The van der Waals surface area contributed by atoms with Gasteiger partial charge in [-0.15, -0.1) is 0 Å². The van der Waals surface area contributed by atoms with Crippen molar-refractivity contribution >= 4 is 11.8 Å². The summed E-state index contributed by atoms with van der Waals surface area (Å²) < 4.78 is 0. The molecular formula is C15H21N. The van der Waals surface area contributed by atoms with Gasteiger partial charge in [0.05, 0.1) is 0 Å². The molecule has 0 heterocycles. The van der Waals surface area contributed by atoms with Crippen molar-refractivity contribution in [3.8, 4) is 0 Å². The molecule has 1 nitrogen and oxygen atoms in total. The fourth-order valence-corrected chi connectivity index (χ4v) is 2.88.